The van der Waals surface area contributed by atoms with Gasteiger partial charge in [-0.2, -0.15) is 4.98 Å². The molecular formula is C25H38N6O3. The average Bonchev–Trinajstić information content (AvgIpc) is 2.79. The van der Waals surface area contributed by atoms with Gasteiger partial charge in [-0.3, -0.25) is 0 Å². The van der Waals surface area contributed by atoms with Crippen molar-refractivity contribution in [3.63, 3.8) is 0 Å². The summed E-state index contributed by atoms with van der Waals surface area (Å²) in [5.41, 5.74) is 0.910. The molecule has 0 aliphatic heterocycles. The predicted molar refractivity (Wildman–Crippen MR) is 135 cm³/mol. The maximum absolute atomic E-state index is 12.5. The zero-order valence-corrected chi connectivity index (χ0v) is 20.9. The van der Waals surface area contributed by atoms with Crippen LogP contribution in [-0.4, -0.2) is 60.8 Å². The van der Waals surface area contributed by atoms with Crippen molar-refractivity contribution in [3.05, 3.63) is 24.3 Å². The van der Waals surface area contributed by atoms with Crippen LogP contribution in [0.25, 0.3) is 10.9 Å². The number of esters is 1. The summed E-state index contributed by atoms with van der Waals surface area (Å²) in [4.78, 5) is 36.1. The molecule has 1 fully saturated rings. The zero-order chi connectivity index (χ0) is 24.7. The number of para-hydroxylation sites is 1. The van der Waals surface area contributed by atoms with Crippen LogP contribution >= 0.6 is 0 Å². The number of anilines is 2. The molecule has 2 amide bonds. The normalized spacial score (nSPS) is 18.9. The lowest BCUT2D eigenvalue weighted by atomic mass is 9.91. The fourth-order valence-corrected chi connectivity index (χ4v) is 4.34. The molecule has 0 saturated heterocycles. The molecule has 0 spiro atoms. The summed E-state index contributed by atoms with van der Waals surface area (Å²) in [5, 5.41) is 10.3. The third-order valence-corrected chi connectivity index (χ3v) is 5.99. The van der Waals surface area contributed by atoms with E-state index in [1.807, 2.05) is 57.1 Å². The topological polar surface area (TPSA) is 108 Å². The highest BCUT2D eigenvalue weighted by Crippen LogP contribution is 2.26. The Hall–Kier alpha value is -3.10. The number of carbonyl (C=O) groups excluding carboxylic acids is 2. The number of ether oxygens (including phenoxy) is 1. The highest BCUT2D eigenvalue weighted by molar-refractivity contribution is 5.90. The summed E-state index contributed by atoms with van der Waals surface area (Å²) >= 11 is 0. The van der Waals surface area contributed by atoms with Gasteiger partial charge in [0.05, 0.1) is 12.1 Å². The van der Waals surface area contributed by atoms with E-state index in [0.717, 1.165) is 42.4 Å². The van der Waals surface area contributed by atoms with Crippen LogP contribution in [0.15, 0.2) is 24.3 Å². The van der Waals surface area contributed by atoms with Crippen LogP contribution in [0, 0.1) is 5.92 Å². The second kappa shape index (κ2) is 11.9. The Kier molecular flexibility index (Phi) is 8.90. The lowest BCUT2D eigenvalue weighted by Crippen LogP contribution is -2.51. The van der Waals surface area contributed by atoms with Crippen LogP contribution in [0.5, 0.6) is 0 Å². The number of rotatable bonds is 9. The smallest absolute Gasteiger partial charge is 0.328 e. The second-order valence-corrected chi connectivity index (χ2v) is 9.53. The van der Waals surface area contributed by atoms with Crippen molar-refractivity contribution in [2.75, 3.05) is 30.9 Å². The molecule has 2 aromatic rings. The fraction of sp³-hybridized carbons (Fsp3) is 0.600. The summed E-state index contributed by atoms with van der Waals surface area (Å²) in [5.74, 6) is 1.40. The van der Waals surface area contributed by atoms with Crippen LogP contribution in [0.3, 0.4) is 0 Å². The van der Waals surface area contributed by atoms with Crippen LogP contribution in [0.2, 0.25) is 0 Å². The number of carbonyl (C=O) groups is 2. The molecule has 3 N–H and O–H groups in total. The molecule has 0 radical (unpaired) electrons. The number of benzene rings is 1. The first-order valence-corrected chi connectivity index (χ1v) is 12.2. The van der Waals surface area contributed by atoms with Gasteiger partial charge in [0.25, 0.3) is 0 Å². The Bertz CT molecular complexity index is 972. The molecule has 0 unspecified atom stereocenters. The minimum Gasteiger partial charge on any atom is -0.464 e. The van der Waals surface area contributed by atoms with Gasteiger partial charge in [0.1, 0.15) is 11.9 Å². The van der Waals surface area contributed by atoms with Crippen molar-refractivity contribution < 1.29 is 14.3 Å². The first-order valence-electron chi connectivity index (χ1n) is 12.2. The summed E-state index contributed by atoms with van der Waals surface area (Å²) in [6.45, 7) is 6.09. The number of hydrogen-bond acceptors (Lipinski definition) is 7. The molecule has 9 heteroatoms. The standard InChI is InChI=1S/C25H38N6O3/c1-6-34-23(32)21(15-16(2)3)29-25(33)27-18-13-11-17(12-14-18)26-24-28-20-10-8-7-9-19(20)22(30-24)31(4)5/h7-10,16-18,21H,6,11-15H2,1-5H3,(H,26,28,30)(H2,27,29,33)/t17-,18+,21-/m0/s1. The number of urea groups is 1. The maximum Gasteiger partial charge on any atom is 0.328 e. The highest BCUT2D eigenvalue weighted by atomic mass is 16.5. The average molecular weight is 471 g/mol. The van der Waals surface area contributed by atoms with Gasteiger partial charge in [0.15, 0.2) is 0 Å². The fourth-order valence-electron chi connectivity index (χ4n) is 4.34. The summed E-state index contributed by atoms with van der Waals surface area (Å²) < 4.78 is 5.11. The van der Waals surface area contributed by atoms with Crippen LogP contribution in [0.1, 0.15) is 52.9 Å². The summed E-state index contributed by atoms with van der Waals surface area (Å²) in [6.07, 6.45) is 4.02. The molecule has 1 saturated carbocycles. The Labute approximate surface area is 202 Å². The Balaban J connectivity index is 1.53. The maximum atomic E-state index is 12.5. The minimum atomic E-state index is -0.631. The number of amides is 2. The van der Waals surface area contributed by atoms with Crippen LogP contribution in [-0.2, 0) is 9.53 Å². The molecule has 1 heterocycles. The van der Waals surface area contributed by atoms with Crippen molar-refractivity contribution in [1.29, 1.82) is 0 Å². The van der Waals surface area contributed by atoms with Crippen molar-refractivity contribution >= 4 is 34.7 Å². The van der Waals surface area contributed by atoms with E-state index in [-0.39, 0.29) is 30.0 Å². The number of nitrogens with zero attached hydrogens (tertiary/aromatic N) is 3. The van der Waals surface area contributed by atoms with E-state index in [0.29, 0.717) is 19.0 Å². The molecule has 3 rings (SSSR count). The monoisotopic (exact) mass is 470 g/mol. The number of fused-ring (bicyclic) bond motifs is 1. The summed E-state index contributed by atoms with van der Waals surface area (Å²) in [7, 11) is 3.96. The number of aromatic nitrogens is 2. The van der Waals surface area contributed by atoms with Gasteiger partial charge >= 0.3 is 12.0 Å². The van der Waals surface area contributed by atoms with E-state index in [1.54, 1.807) is 6.92 Å². The van der Waals surface area contributed by atoms with Crippen LogP contribution in [0.4, 0.5) is 16.6 Å². The minimum absolute atomic E-state index is 0.0646. The lowest BCUT2D eigenvalue weighted by molar-refractivity contribution is -0.145. The Morgan fingerprint density at radius 1 is 1.09 bits per heavy atom. The Morgan fingerprint density at radius 3 is 2.41 bits per heavy atom. The van der Waals surface area contributed by atoms with E-state index in [2.05, 4.69) is 16.0 Å². The largest absolute Gasteiger partial charge is 0.464 e. The quantitative estimate of drug-likeness (QED) is 0.480. The number of nitrogens with one attached hydrogen (secondary N) is 3. The van der Waals surface area contributed by atoms with E-state index in [1.165, 1.54) is 0 Å². The summed E-state index contributed by atoms with van der Waals surface area (Å²) in [6, 6.07) is 7.36. The zero-order valence-electron chi connectivity index (χ0n) is 20.9. The van der Waals surface area contributed by atoms with Crippen LogP contribution < -0.4 is 20.9 Å². The van der Waals surface area contributed by atoms with E-state index >= 15 is 0 Å². The SMILES string of the molecule is CCOC(=O)[C@H](CC(C)C)NC(=O)N[C@H]1CC[C@@H](Nc2nc(N(C)C)c3ccccc3n2)CC1. The molecule has 1 atom stereocenters. The van der Waals surface area contributed by atoms with Gasteiger partial charge in [0, 0.05) is 31.6 Å². The molecule has 9 nitrogen and oxygen atoms in total. The van der Waals surface area contributed by atoms with E-state index in [9.17, 15) is 9.59 Å². The number of hydrogen-bond donors (Lipinski definition) is 3. The van der Waals surface area contributed by atoms with Crippen molar-refractivity contribution in [2.45, 2.75) is 71.0 Å². The molecule has 186 valence electrons. The van der Waals surface area contributed by atoms with Gasteiger partial charge in [-0.1, -0.05) is 26.0 Å². The molecule has 34 heavy (non-hydrogen) atoms. The predicted octanol–water partition coefficient (Wildman–Crippen LogP) is 3.70. The van der Waals surface area contributed by atoms with Gasteiger partial charge in [-0.15, -0.1) is 0 Å². The third kappa shape index (κ3) is 6.95. The molecule has 1 aliphatic rings. The van der Waals surface area contributed by atoms with Gasteiger partial charge in [-0.25, -0.2) is 14.6 Å². The molecule has 1 aliphatic carbocycles. The van der Waals surface area contributed by atoms with Crippen molar-refractivity contribution in [2.24, 2.45) is 5.92 Å². The van der Waals surface area contributed by atoms with E-state index < -0.39 is 6.04 Å². The van der Waals surface area contributed by atoms with E-state index in [4.69, 9.17) is 14.7 Å². The molecular weight excluding hydrogens is 432 g/mol. The highest BCUT2D eigenvalue weighted by Gasteiger charge is 2.27. The second-order valence-electron chi connectivity index (χ2n) is 9.53. The Morgan fingerprint density at radius 2 is 1.76 bits per heavy atom. The molecule has 1 aromatic carbocycles. The third-order valence-electron chi connectivity index (χ3n) is 5.99. The first-order chi connectivity index (χ1) is 16.3. The molecule has 1 aromatic heterocycles. The first kappa shape index (κ1) is 25.5. The van der Waals surface area contributed by atoms with Crippen molar-refractivity contribution in [1.82, 2.24) is 20.6 Å². The lowest BCUT2D eigenvalue weighted by Gasteiger charge is -2.30. The molecule has 0 bridgehead atoms. The van der Waals surface area contributed by atoms with Gasteiger partial charge in [0.2, 0.25) is 5.95 Å². The van der Waals surface area contributed by atoms with Gasteiger partial charge in [-0.05, 0) is 57.1 Å². The van der Waals surface area contributed by atoms with Gasteiger partial charge < -0.3 is 25.6 Å². The van der Waals surface area contributed by atoms with Crippen molar-refractivity contribution in [3.8, 4) is 0 Å².